The summed E-state index contributed by atoms with van der Waals surface area (Å²) in [7, 11) is -3.08. The minimum atomic E-state index is -3.08. The minimum Gasteiger partial charge on any atom is -0.336 e. The summed E-state index contributed by atoms with van der Waals surface area (Å²) in [6, 6.07) is 8.17. The van der Waals surface area contributed by atoms with E-state index in [4.69, 9.17) is 0 Å². The molecule has 1 saturated heterocycles. The van der Waals surface area contributed by atoms with Gasteiger partial charge in [0.05, 0.1) is 6.26 Å². The number of nitrogens with one attached hydrogen (secondary N) is 2. The van der Waals surface area contributed by atoms with E-state index in [2.05, 4.69) is 35.4 Å². The quantitative estimate of drug-likeness (QED) is 0.621. The summed E-state index contributed by atoms with van der Waals surface area (Å²) in [5.41, 5.74) is 1.97. The highest BCUT2D eigenvalue weighted by atomic mass is 32.2. The number of para-hydroxylation sites is 1. The number of likely N-dealkylation sites (N-methyl/N-ethyl adjacent to an activating group) is 1. The molecule has 2 rings (SSSR count). The Bertz CT molecular complexity index is 789. The largest absolute Gasteiger partial charge is 0.336 e. The Morgan fingerprint density at radius 2 is 1.83 bits per heavy atom. The third-order valence-corrected chi connectivity index (χ3v) is 7.07. The second kappa shape index (κ2) is 11.1. The number of anilines is 1. The van der Waals surface area contributed by atoms with Crippen LogP contribution < -0.4 is 10.6 Å². The molecule has 2 amide bonds. The third kappa shape index (κ3) is 7.56. The van der Waals surface area contributed by atoms with Crippen molar-refractivity contribution in [1.82, 2.24) is 14.5 Å². The number of amides is 2. The predicted molar refractivity (Wildman–Crippen MR) is 123 cm³/mol. The van der Waals surface area contributed by atoms with E-state index < -0.39 is 10.0 Å². The van der Waals surface area contributed by atoms with Gasteiger partial charge in [0.2, 0.25) is 10.0 Å². The summed E-state index contributed by atoms with van der Waals surface area (Å²) < 4.78 is 25.1. The molecular weight excluding hydrogens is 400 g/mol. The average molecular weight is 439 g/mol. The molecule has 1 aromatic carbocycles. The van der Waals surface area contributed by atoms with Crippen molar-refractivity contribution in [3.05, 3.63) is 29.8 Å². The minimum absolute atomic E-state index is 0.0841. The van der Waals surface area contributed by atoms with Crippen molar-refractivity contribution >= 4 is 21.7 Å². The van der Waals surface area contributed by atoms with Crippen molar-refractivity contribution in [2.24, 2.45) is 5.92 Å². The highest BCUT2D eigenvalue weighted by molar-refractivity contribution is 7.88. The Kier molecular flexibility index (Phi) is 9.12. The molecule has 0 spiro atoms. The van der Waals surface area contributed by atoms with Gasteiger partial charge in [0, 0.05) is 37.4 Å². The molecule has 1 aliphatic heterocycles. The number of carbonyl (C=O) groups excluding carboxylic acids is 1. The molecule has 7 nitrogen and oxygen atoms in total. The Morgan fingerprint density at radius 1 is 1.20 bits per heavy atom. The first-order chi connectivity index (χ1) is 14.1. The van der Waals surface area contributed by atoms with Crippen LogP contribution >= 0.6 is 0 Å². The second-order valence-electron chi connectivity index (χ2n) is 8.66. The number of urea groups is 1. The van der Waals surface area contributed by atoms with Crippen molar-refractivity contribution < 1.29 is 13.2 Å². The van der Waals surface area contributed by atoms with Crippen molar-refractivity contribution in [1.29, 1.82) is 0 Å². The maximum Gasteiger partial charge on any atom is 0.319 e. The molecule has 1 fully saturated rings. The molecule has 1 aromatic rings. The third-order valence-electron chi connectivity index (χ3n) is 5.77. The number of sulfonamides is 1. The maximum absolute atomic E-state index is 12.1. The Labute approximate surface area is 182 Å². The second-order valence-corrected chi connectivity index (χ2v) is 10.6. The summed E-state index contributed by atoms with van der Waals surface area (Å²) in [5.74, 6) is 0.510. The Balaban J connectivity index is 1.96. The number of carbonyl (C=O) groups is 1. The molecule has 1 unspecified atom stereocenters. The number of hydrogen-bond acceptors (Lipinski definition) is 4. The Morgan fingerprint density at radius 3 is 2.40 bits per heavy atom. The lowest BCUT2D eigenvalue weighted by atomic mass is 9.96. The van der Waals surface area contributed by atoms with E-state index in [1.165, 1.54) is 6.26 Å². The van der Waals surface area contributed by atoms with E-state index in [1.54, 1.807) is 4.31 Å². The normalized spacial score (nSPS) is 17.3. The zero-order valence-electron chi connectivity index (χ0n) is 19.0. The van der Waals surface area contributed by atoms with Gasteiger partial charge < -0.3 is 15.5 Å². The van der Waals surface area contributed by atoms with Crippen LogP contribution in [0.1, 0.15) is 46.1 Å². The van der Waals surface area contributed by atoms with Crippen LogP contribution in [0.15, 0.2) is 24.3 Å². The van der Waals surface area contributed by atoms with Crippen molar-refractivity contribution in [2.45, 2.75) is 59.0 Å². The molecular formula is C22H38N4O3S. The molecule has 170 valence electrons. The highest BCUT2D eigenvalue weighted by Gasteiger charge is 2.27. The summed E-state index contributed by atoms with van der Waals surface area (Å²) in [4.78, 5) is 14.6. The summed E-state index contributed by atoms with van der Waals surface area (Å²) >= 11 is 0. The lowest BCUT2D eigenvalue weighted by molar-refractivity contribution is 0.152. The van der Waals surface area contributed by atoms with Crippen molar-refractivity contribution in [2.75, 3.05) is 37.8 Å². The fourth-order valence-electron chi connectivity index (χ4n) is 4.06. The zero-order chi connectivity index (χ0) is 22.3. The molecule has 0 aliphatic carbocycles. The fourth-order valence-corrected chi connectivity index (χ4v) is 4.94. The number of hydrogen-bond donors (Lipinski definition) is 2. The van der Waals surface area contributed by atoms with Crippen LogP contribution in [-0.4, -0.2) is 68.2 Å². The first-order valence-electron chi connectivity index (χ1n) is 10.9. The lowest BCUT2D eigenvalue weighted by Gasteiger charge is -2.36. The highest BCUT2D eigenvalue weighted by Crippen LogP contribution is 2.23. The molecule has 0 aromatic heterocycles. The molecule has 1 atom stereocenters. The standard InChI is InChI=1S/C22H38N4O3S/c1-6-25(16-19-11-13-26(14-12-19)30(5,28)29)18(4)15-20-9-7-8-10-21(20)24-22(27)23-17(2)3/h7-10,17-19H,6,11-16H2,1-5H3,(H2,23,24,27). The molecule has 0 bridgehead atoms. The van der Waals surface area contributed by atoms with Crippen LogP contribution in [0.5, 0.6) is 0 Å². The first kappa shape index (κ1) is 24.6. The van der Waals surface area contributed by atoms with Crippen LogP contribution in [0.2, 0.25) is 0 Å². The van der Waals surface area contributed by atoms with Crippen LogP contribution in [0.4, 0.5) is 10.5 Å². The number of rotatable bonds is 9. The summed E-state index contributed by atoms with van der Waals surface area (Å²) in [6.45, 7) is 11.4. The van der Waals surface area contributed by atoms with Gasteiger partial charge in [-0.1, -0.05) is 25.1 Å². The lowest BCUT2D eigenvalue weighted by Crippen LogP contribution is -2.43. The van der Waals surface area contributed by atoms with Gasteiger partial charge in [-0.25, -0.2) is 17.5 Å². The molecule has 0 radical (unpaired) electrons. The van der Waals surface area contributed by atoms with Crippen LogP contribution in [0, 0.1) is 5.92 Å². The summed E-state index contributed by atoms with van der Waals surface area (Å²) in [6.07, 6.45) is 3.95. The number of nitrogens with zero attached hydrogens (tertiary/aromatic N) is 2. The van der Waals surface area contributed by atoms with Crippen molar-refractivity contribution in [3.8, 4) is 0 Å². The van der Waals surface area contributed by atoms with E-state index in [9.17, 15) is 13.2 Å². The molecule has 30 heavy (non-hydrogen) atoms. The number of piperidine rings is 1. The molecule has 1 aliphatic rings. The smallest absolute Gasteiger partial charge is 0.319 e. The van der Waals surface area contributed by atoms with Gasteiger partial charge in [-0.05, 0) is 64.1 Å². The summed E-state index contributed by atoms with van der Waals surface area (Å²) in [5, 5.41) is 5.84. The van der Waals surface area contributed by atoms with Crippen molar-refractivity contribution in [3.63, 3.8) is 0 Å². The van der Waals surface area contributed by atoms with Crippen LogP contribution in [0.25, 0.3) is 0 Å². The fraction of sp³-hybridized carbons (Fsp3) is 0.682. The zero-order valence-corrected chi connectivity index (χ0v) is 19.8. The van der Waals surface area contributed by atoms with Crippen LogP contribution in [-0.2, 0) is 16.4 Å². The first-order valence-corrected chi connectivity index (χ1v) is 12.8. The molecule has 2 N–H and O–H groups in total. The van der Waals surface area contributed by atoms with E-state index in [0.29, 0.717) is 25.0 Å². The maximum atomic E-state index is 12.1. The molecule has 8 heteroatoms. The SMILES string of the molecule is CCN(CC1CCN(S(C)(=O)=O)CC1)C(C)Cc1ccccc1NC(=O)NC(C)C. The molecule has 0 saturated carbocycles. The van der Waals surface area contributed by atoms with Gasteiger partial charge in [-0.15, -0.1) is 0 Å². The Hall–Kier alpha value is -1.64. The van der Waals surface area contributed by atoms with E-state index in [1.807, 2.05) is 32.0 Å². The van der Waals surface area contributed by atoms with Crippen LogP contribution in [0.3, 0.4) is 0 Å². The topological polar surface area (TPSA) is 81.8 Å². The van der Waals surface area contributed by atoms with E-state index in [0.717, 1.165) is 43.6 Å². The van der Waals surface area contributed by atoms with Gasteiger partial charge in [-0.2, -0.15) is 0 Å². The van der Waals surface area contributed by atoms with Gasteiger partial charge in [0.15, 0.2) is 0 Å². The van der Waals surface area contributed by atoms with Gasteiger partial charge >= 0.3 is 6.03 Å². The monoisotopic (exact) mass is 438 g/mol. The van der Waals surface area contributed by atoms with Gasteiger partial charge in [-0.3, -0.25) is 0 Å². The number of benzene rings is 1. The van der Waals surface area contributed by atoms with Gasteiger partial charge in [0.1, 0.15) is 0 Å². The predicted octanol–water partition coefficient (Wildman–Crippen LogP) is 3.14. The van der Waals surface area contributed by atoms with Gasteiger partial charge in [0.25, 0.3) is 0 Å². The van der Waals surface area contributed by atoms with E-state index in [-0.39, 0.29) is 12.1 Å². The van der Waals surface area contributed by atoms with E-state index >= 15 is 0 Å². The average Bonchev–Trinajstić information content (AvgIpc) is 2.66. The molecule has 1 heterocycles.